The monoisotopic (exact) mass is 1540 g/mol. The molecule has 0 aliphatic carbocycles. The number of carbonyl (C=O) groups is 9. The van der Waals surface area contributed by atoms with Gasteiger partial charge in [0, 0.05) is 88.4 Å². The fourth-order valence-electron chi connectivity index (χ4n) is 9.77. The van der Waals surface area contributed by atoms with Crippen molar-refractivity contribution in [2.75, 3.05) is 163 Å². The predicted octanol–water partition coefficient (Wildman–Crippen LogP) is 4.64. The van der Waals surface area contributed by atoms with Crippen LogP contribution in [0.25, 0.3) is 0 Å². The molecule has 0 saturated heterocycles. The molecule has 0 saturated carbocycles. The summed E-state index contributed by atoms with van der Waals surface area (Å²) in [6.07, 6.45) is 2.55. The lowest BCUT2D eigenvalue weighted by molar-refractivity contribution is -0.136. The minimum atomic E-state index is -1.26. The number of benzene rings is 4. The van der Waals surface area contributed by atoms with E-state index in [2.05, 4.69) is 115 Å². The molecule has 6 N–H and O–H groups in total. The summed E-state index contributed by atoms with van der Waals surface area (Å²) < 4.78 is 56.6. The van der Waals surface area contributed by atoms with Crippen LogP contribution in [0.2, 0.25) is 0 Å². The zero-order chi connectivity index (χ0) is 79.7. The number of nitrogens with one attached hydrogen (secondary N) is 6. The summed E-state index contributed by atoms with van der Waals surface area (Å²) in [5.74, 6) is 29.2. The zero-order valence-electron chi connectivity index (χ0n) is 63.4. The molecule has 0 aliphatic heterocycles. The van der Waals surface area contributed by atoms with E-state index in [0.717, 1.165) is 34.0 Å². The quantitative estimate of drug-likeness (QED) is 0.0115. The van der Waals surface area contributed by atoms with Crippen molar-refractivity contribution < 1.29 is 90.5 Å². The number of ether oxygens (including phenoxy) is 10. The number of amides is 6. The number of hydrogen-bond acceptors (Lipinski definition) is 20. The number of esters is 1. The number of likely N-dealkylation sites (N-methyl/N-ethyl adjacent to an activating group) is 1. The van der Waals surface area contributed by atoms with E-state index in [9.17, 15) is 43.2 Å². The van der Waals surface area contributed by atoms with E-state index in [4.69, 9.17) is 47.4 Å². The van der Waals surface area contributed by atoms with Gasteiger partial charge in [-0.05, 0) is 153 Å². The first-order valence-corrected chi connectivity index (χ1v) is 37.8. The van der Waals surface area contributed by atoms with Crippen molar-refractivity contribution in [1.29, 1.82) is 0 Å². The van der Waals surface area contributed by atoms with E-state index in [1.807, 2.05) is 110 Å². The Balaban J connectivity index is 1.30. The van der Waals surface area contributed by atoms with Gasteiger partial charge in [-0.15, -0.1) is 0 Å². The molecule has 0 aliphatic rings. The molecule has 4 aromatic rings. The number of thioether (sulfide) groups is 1. The van der Waals surface area contributed by atoms with E-state index in [1.165, 1.54) is 0 Å². The third-order valence-electron chi connectivity index (χ3n) is 15.2. The van der Waals surface area contributed by atoms with Crippen molar-refractivity contribution in [2.24, 2.45) is 5.92 Å². The van der Waals surface area contributed by atoms with Crippen molar-refractivity contribution in [3.63, 3.8) is 0 Å². The van der Waals surface area contributed by atoms with Crippen LogP contribution in [0.3, 0.4) is 0 Å². The molecule has 25 nitrogen and oxygen atoms in total. The fourth-order valence-corrected chi connectivity index (χ4v) is 10.6. The average Bonchev–Trinajstić information content (AvgIpc) is 0.757. The van der Waals surface area contributed by atoms with Crippen LogP contribution in [0.4, 0.5) is 0 Å². The summed E-state index contributed by atoms with van der Waals surface area (Å²) in [4.78, 5) is 117. The van der Waals surface area contributed by atoms with E-state index < -0.39 is 60.2 Å². The number of unbranched alkanes of at least 4 members (excludes halogenated alkanes) is 1. The largest absolute Gasteiger partial charge is 0.455 e. The molecule has 0 spiro atoms. The Morgan fingerprint density at radius 3 is 1.42 bits per heavy atom. The highest BCUT2D eigenvalue weighted by molar-refractivity contribution is 7.99. The van der Waals surface area contributed by atoms with Crippen LogP contribution in [0.15, 0.2) is 115 Å². The molecular weight excluding hydrogens is 1440 g/mol. The van der Waals surface area contributed by atoms with Gasteiger partial charge in [-0.25, -0.2) is 4.79 Å². The minimum Gasteiger partial charge on any atom is -0.455 e. The van der Waals surface area contributed by atoms with E-state index in [-0.39, 0.29) is 101 Å². The first kappa shape index (κ1) is 92.8. The average molecular weight is 1540 g/mol. The first-order chi connectivity index (χ1) is 54.2. The molecule has 26 heteroatoms. The zero-order valence-corrected chi connectivity index (χ0v) is 64.2. The number of rotatable bonds is 57. The molecule has 4 rings (SSSR count). The van der Waals surface area contributed by atoms with Crippen LogP contribution in [0.5, 0.6) is 0 Å². The maximum atomic E-state index is 14.4. The summed E-state index contributed by atoms with van der Waals surface area (Å²) in [5, 5.41) is 16.4. The number of carbonyl (C=O) groups excluding carboxylic acids is 9. The van der Waals surface area contributed by atoms with Gasteiger partial charge in [0.15, 0.2) is 11.6 Å². The second kappa shape index (κ2) is 61.2. The van der Waals surface area contributed by atoms with E-state index >= 15 is 0 Å². The predicted molar refractivity (Wildman–Crippen MR) is 419 cm³/mol. The maximum Gasteiger partial charge on any atom is 0.385 e. The summed E-state index contributed by atoms with van der Waals surface area (Å²) in [6.45, 7) is 8.95. The standard InChI is InChI=1S/C85H100N6O19S/c1-4-6-7-8-9-10-11-12-13-14-15-16-26-39-81(97)109-59-60-111-68-77(91-80(96)67-107-64-75(92)38-27-28-47-101-51-55-105-57-53-103-49-30-45-88-82(98)70-42-40-69(3)41-43-70)84(100)90-62-76(93)61-71(63-110-85(72-32-20-17-21-33-72,73-34-22-18-23-35-73)74-36-24-19-25-37-74)83(99)89-46-31-50-104-54-58-106-56-52-102-48-29-44-87-79(95)66-108-65-78(94)86-5-2/h17-25,32-37,40-43,71,77H,5,27-31,38,44-68H2,1-3H3,(H,86,94)(H,87,95)(H,88,98)(H,89,99)(H,90,100)(H,91,96)/t71-,77+/m1/s1. The van der Waals surface area contributed by atoms with Gasteiger partial charge in [-0.2, -0.15) is 11.8 Å². The van der Waals surface area contributed by atoms with Crippen LogP contribution in [-0.4, -0.2) is 222 Å². The number of Topliss-reactive ketones (excluding diaryl/α,β-unsaturated/α-hetero) is 2. The lowest BCUT2D eigenvalue weighted by atomic mass is 9.80. The number of hydrogen-bond donors (Lipinski definition) is 6. The molecule has 0 unspecified atom stereocenters. The molecule has 0 bridgehead atoms. The van der Waals surface area contributed by atoms with Gasteiger partial charge in [0.25, 0.3) is 5.91 Å². The Morgan fingerprint density at radius 2 is 0.901 bits per heavy atom. The highest BCUT2D eigenvalue weighted by Gasteiger charge is 2.39. The minimum absolute atomic E-state index is 0.0623. The van der Waals surface area contributed by atoms with Crippen molar-refractivity contribution >= 4 is 64.7 Å². The Kier molecular flexibility index (Phi) is 51.2. The van der Waals surface area contributed by atoms with Crippen molar-refractivity contribution in [2.45, 2.75) is 77.4 Å². The van der Waals surface area contributed by atoms with Crippen LogP contribution in [0.1, 0.15) is 91.4 Å². The van der Waals surface area contributed by atoms with E-state index in [1.54, 1.807) is 26.0 Å². The highest BCUT2D eigenvalue weighted by Crippen LogP contribution is 2.41. The number of ketones is 2. The molecule has 0 aromatic heterocycles. The lowest BCUT2D eigenvalue weighted by Crippen LogP contribution is -2.50. The third-order valence-corrected chi connectivity index (χ3v) is 16.2. The first-order valence-electron chi connectivity index (χ1n) is 36.6. The Labute approximate surface area is 656 Å². The fraction of sp³-hybridized carbons (Fsp3) is 0.447. The van der Waals surface area contributed by atoms with Gasteiger partial charge in [-0.3, -0.25) is 38.4 Å². The molecule has 0 heterocycles. The van der Waals surface area contributed by atoms with Crippen molar-refractivity contribution in [1.82, 2.24) is 31.9 Å². The smallest absolute Gasteiger partial charge is 0.385 e. The van der Waals surface area contributed by atoms with Gasteiger partial charge >= 0.3 is 5.97 Å². The molecule has 0 fully saturated rings. The van der Waals surface area contributed by atoms with Gasteiger partial charge in [0.05, 0.1) is 71.9 Å². The third kappa shape index (κ3) is 44.0. The summed E-state index contributed by atoms with van der Waals surface area (Å²) in [6, 6.07) is 34.7. The maximum absolute atomic E-state index is 14.4. The van der Waals surface area contributed by atoms with Crippen LogP contribution in [0, 0.1) is 95.7 Å². The molecule has 0 radical (unpaired) electrons. The molecule has 590 valence electrons. The topological polar surface area (TPSA) is 318 Å². The summed E-state index contributed by atoms with van der Waals surface area (Å²) >= 11 is 1.15. The van der Waals surface area contributed by atoms with Crippen molar-refractivity contribution in [3.8, 4) is 82.9 Å². The van der Waals surface area contributed by atoms with Crippen LogP contribution < -0.4 is 31.9 Å². The second-order valence-corrected chi connectivity index (χ2v) is 25.0. The Bertz CT molecular complexity index is 3860. The second-order valence-electron chi connectivity index (χ2n) is 23.9. The van der Waals surface area contributed by atoms with Gasteiger partial charge < -0.3 is 79.3 Å². The lowest BCUT2D eigenvalue weighted by Gasteiger charge is -2.37. The molecule has 4 aromatic carbocycles. The molecule has 111 heavy (non-hydrogen) atoms. The van der Waals surface area contributed by atoms with Crippen molar-refractivity contribution in [3.05, 3.63) is 143 Å². The Morgan fingerprint density at radius 1 is 0.441 bits per heavy atom. The number of aryl methyl sites for hydroxylation is 1. The summed E-state index contributed by atoms with van der Waals surface area (Å²) in [5.41, 5.74) is 2.74. The van der Waals surface area contributed by atoms with Crippen LogP contribution in [-0.2, 0) is 91.3 Å². The Hall–Kier alpha value is -10.6. The van der Waals surface area contributed by atoms with Crippen LogP contribution >= 0.6 is 11.8 Å². The van der Waals surface area contributed by atoms with Gasteiger partial charge in [0.1, 0.15) is 44.7 Å². The van der Waals surface area contributed by atoms with Gasteiger partial charge in [-0.1, -0.05) is 115 Å². The summed E-state index contributed by atoms with van der Waals surface area (Å²) in [7, 11) is 0. The normalized spacial score (nSPS) is 10.8. The molecule has 2 atom stereocenters. The van der Waals surface area contributed by atoms with Gasteiger partial charge in [0.2, 0.25) is 29.5 Å². The molecular formula is C85H100N6O19S. The highest BCUT2D eigenvalue weighted by atomic mass is 32.2. The molecule has 6 amide bonds. The van der Waals surface area contributed by atoms with E-state index in [0.29, 0.717) is 123 Å². The SMILES string of the molecule is CC#CC#CC#CC#CC#CC#CC#CC(=O)OCCSC[C@H](NC(=O)COCC(=O)CCCCOCCOCCOCCCNC(=O)c1ccc(C)cc1)C(=O)NCC(=O)C[C@H](COC(c1ccccc1)(c1ccccc1)c1ccccc1)C(=O)NCCCOCCOCCOCCCNC(=O)COCC(=O)NCC.